The Bertz CT molecular complexity index is 1100. The van der Waals surface area contributed by atoms with Gasteiger partial charge < -0.3 is 19.8 Å². The second-order valence-electron chi connectivity index (χ2n) is 6.29. The molecule has 4 heterocycles. The van der Waals surface area contributed by atoms with Gasteiger partial charge in [-0.15, -0.1) is 0 Å². The van der Waals surface area contributed by atoms with Crippen LogP contribution in [0.5, 0.6) is 11.5 Å². The van der Waals surface area contributed by atoms with Crippen LogP contribution < -0.4 is 14.8 Å². The molecule has 5 rings (SSSR count). The molecule has 4 aromatic rings. The number of rotatable bonds is 3. The lowest BCUT2D eigenvalue weighted by Gasteiger charge is -2.11. The average molecular weight is 371 g/mol. The van der Waals surface area contributed by atoms with Crippen molar-refractivity contribution < 1.29 is 9.47 Å². The summed E-state index contributed by atoms with van der Waals surface area (Å²) in [6, 6.07) is 11.5. The fourth-order valence-electron chi connectivity index (χ4n) is 3.50. The van der Waals surface area contributed by atoms with Crippen molar-refractivity contribution in [3.63, 3.8) is 0 Å². The molecule has 28 heavy (non-hydrogen) atoms. The molecule has 1 aromatic carbocycles. The van der Waals surface area contributed by atoms with Crippen molar-refractivity contribution in [2.24, 2.45) is 0 Å². The molecule has 1 aliphatic rings. The van der Waals surface area contributed by atoms with Gasteiger partial charge in [0.25, 0.3) is 0 Å². The van der Waals surface area contributed by atoms with E-state index < -0.39 is 0 Å². The van der Waals surface area contributed by atoms with Crippen LogP contribution in [0.1, 0.15) is 0 Å². The van der Waals surface area contributed by atoms with Crippen molar-refractivity contribution in [2.45, 2.75) is 0 Å². The lowest BCUT2D eigenvalue weighted by Crippen LogP contribution is -1.97. The van der Waals surface area contributed by atoms with Crippen LogP contribution in [0.2, 0.25) is 0 Å². The normalized spacial score (nSPS) is 11.5. The smallest absolute Gasteiger partial charge is 0.146 e. The first kappa shape index (κ1) is 16.3. The quantitative estimate of drug-likeness (QED) is 0.492. The van der Waals surface area contributed by atoms with Crippen molar-refractivity contribution in [2.75, 3.05) is 19.5 Å². The fraction of sp³-hybridized carbons (Fsp3) is 0.0952. The van der Waals surface area contributed by atoms with Crippen LogP contribution in [0.15, 0.2) is 55.0 Å². The predicted octanol–water partition coefficient (Wildman–Crippen LogP) is 4.27. The minimum Gasteiger partial charge on any atom is -0.496 e. The number of anilines is 2. The number of nitrogens with one attached hydrogen (secondary N) is 2. The highest BCUT2D eigenvalue weighted by atomic mass is 16.5. The van der Waals surface area contributed by atoms with Gasteiger partial charge in [0.05, 0.1) is 31.8 Å². The number of aromatic nitrogens is 4. The summed E-state index contributed by atoms with van der Waals surface area (Å²) in [5, 5.41) is 3.36. The number of hydrogen-bond donors (Lipinski definition) is 2. The first-order chi connectivity index (χ1) is 13.8. The minimum atomic E-state index is 0.666. The third-order valence-corrected chi connectivity index (χ3v) is 4.77. The summed E-state index contributed by atoms with van der Waals surface area (Å²) in [5.74, 6) is 2.77. The molecule has 7 nitrogen and oxygen atoms in total. The molecule has 0 amide bonds. The van der Waals surface area contributed by atoms with Crippen molar-refractivity contribution in [3.8, 4) is 45.4 Å². The maximum absolute atomic E-state index is 5.56. The first-order valence-electron chi connectivity index (χ1n) is 8.78. The van der Waals surface area contributed by atoms with Gasteiger partial charge in [-0.25, -0.2) is 9.97 Å². The Hall–Kier alpha value is -3.87. The second kappa shape index (κ2) is 6.38. The van der Waals surface area contributed by atoms with E-state index in [0.29, 0.717) is 17.3 Å². The van der Waals surface area contributed by atoms with E-state index in [0.717, 1.165) is 39.6 Å². The van der Waals surface area contributed by atoms with Gasteiger partial charge in [-0.2, -0.15) is 0 Å². The Kier molecular flexibility index (Phi) is 3.72. The molecular formula is C21H17N5O2. The molecule has 0 fully saturated rings. The molecule has 0 unspecified atom stereocenters. The van der Waals surface area contributed by atoms with E-state index in [1.165, 1.54) is 0 Å². The Morgan fingerprint density at radius 2 is 1.71 bits per heavy atom. The number of nitrogens with zero attached hydrogens (tertiary/aromatic N) is 3. The van der Waals surface area contributed by atoms with Crippen LogP contribution in [-0.4, -0.2) is 34.2 Å². The highest BCUT2D eigenvalue weighted by Crippen LogP contribution is 2.45. The fourth-order valence-corrected chi connectivity index (χ4v) is 3.50. The standard InChI is InChI=1S/C21H17N5O2/c1-27-15-6-3-7-16(28-2)17(15)21-25-18-12-8-10-22-11-14(12)24-20-13(19(18)26-21)5-4-9-23-20/h3-11H,1-2H3,(H,23,24)(H,25,26). The van der Waals surface area contributed by atoms with E-state index >= 15 is 0 Å². The number of ether oxygens (including phenoxy) is 2. The summed E-state index contributed by atoms with van der Waals surface area (Å²) in [6.07, 6.45) is 5.30. The summed E-state index contributed by atoms with van der Waals surface area (Å²) in [4.78, 5) is 17.1. The van der Waals surface area contributed by atoms with Gasteiger partial charge in [-0.1, -0.05) is 6.07 Å². The van der Waals surface area contributed by atoms with Gasteiger partial charge in [0.2, 0.25) is 0 Å². The molecular weight excluding hydrogens is 354 g/mol. The van der Waals surface area contributed by atoms with Crippen LogP contribution in [0.3, 0.4) is 0 Å². The lowest BCUT2D eigenvalue weighted by molar-refractivity contribution is 0.397. The molecule has 1 aliphatic heterocycles. The van der Waals surface area contributed by atoms with Crippen molar-refractivity contribution >= 4 is 11.5 Å². The van der Waals surface area contributed by atoms with E-state index in [1.54, 1.807) is 32.8 Å². The van der Waals surface area contributed by atoms with E-state index in [-0.39, 0.29) is 0 Å². The van der Waals surface area contributed by atoms with E-state index in [4.69, 9.17) is 14.5 Å². The second-order valence-corrected chi connectivity index (χ2v) is 6.29. The highest BCUT2D eigenvalue weighted by Gasteiger charge is 2.26. The Labute approximate surface area is 161 Å². The Balaban J connectivity index is 1.82. The molecule has 3 aromatic heterocycles. The predicted molar refractivity (Wildman–Crippen MR) is 107 cm³/mol. The Morgan fingerprint density at radius 3 is 2.50 bits per heavy atom. The third kappa shape index (κ3) is 2.40. The molecule has 0 radical (unpaired) electrons. The van der Waals surface area contributed by atoms with Gasteiger partial charge in [0.15, 0.2) is 0 Å². The van der Waals surface area contributed by atoms with Crippen molar-refractivity contribution in [1.29, 1.82) is 0 Å². The lowest BCUT2D eigenvalue weighted by atomic mass is 10.1. The maximum atomic E-state index is 5.56. The van der Waals surface area contributed by atoms with E-state index in [2.05, 4.69) is 20.3 Å². The van der Waals surface area contributed by atoms with Crippen LogP contribution in [-0.2, 0) is 0 Å². The van der Waals surface area contributed by atoms with Gasteiger partial charge in [0.1, 0.15) is 34.4 Å². The molecule has 138 valence electrons. The van der Waals surface area contributed by atoms with Crippen LogP contribution in [0, 0.1) is 0 Å². The topological polar surface area (TPSA) is 85.0 Å². The zero-order valence-corrected chi connectivity index (χ0v) is 15.4. The van der Waals surface area contributed by atoms with Crippen LogP contribution >= 0.6 is 0 Å². The van der Waals surface area contributed by atoms with Crippen LogP contribution in [0.4, 0.5) is 11.5 Å². The zero-order chi connectivity index (χ0) is 19.1. The number of hydrogen-bond acceptors (Lipinski definition) is 6. The number of fused-ring (bicyclic) bond motifs is 5. The minimum absolute atomic E-state index is 0.666. The third-order valence-electron chi connectivity index (χ3n) is 4.77. The molecule has 0 atom stereocenters. The molecule has 0 saturated carbocycles. The number of methoxy groups -OCH3 is 2. The van der Waals surface area contributed by atoms with Gasteiger partial charge in [-0.05, 0) is 30.3 Å². The summed E-state index contributed by atoms with van der Waals surface area (Å²) in [7, 11) is 3.27. The van der Waals surface area contributed by atoms with Crippen molar-refractivity contribution in [3.05, 3.63) is 55.0 Å². The number of aromatic amines is 1. The Morgan fingerprint density at radius 1 is 0.893 bits per heavy atom. The highest BCUT2D eigenvalue weighted by molar-refractivity contribution is 5.95. The first-order valence-corrected chi connectivity index (χ1v) is 8.78. The number of imidazole rings is 1. The van der Waals surface area contributed by atoms with Crippen LogP contribution in [0.25, 0.3) is 33.9 Å². The van der Waals surface area contributed by atoms with E-state index in [9.17, 15) is 0 Å². The van der Waals surface area contributed by atoms with Gasteiger partial charge in [0, 0.05) is 23.5 Å². The summed E-state index contributed by atoms with van der Waals surface area (Å²) >= 11 is 0. The molecule has 0 aliphatic carbocycles. The number of pyridine rings is 2. The molecule has 0 saturated heterocycles. The summed E-state index contributed by atoms with van der Waals surface area (Å²) in [5.41, 5.74) is 5.21. The number of benzene rings is 1. The molecule has 0 bridgehead atoms. The van der Waals surface area contributed by atoms with Gasteiger partial charge >= 0.3 is 0 Å². The van der Waals surface area contributed by atoms with Gasteiger partial charge in [-0.3, -0.25) is 4.98 Å². The largest absolute Gasteiger partial charge is 0.496 e. The summed E-state index contributed by atoms with van der Waals surface area (Å²) in [6.45, 7) is 0. The van der Waals surface area contributed by atoms with E-state index in [1.807, 2.05) is 36.4 Å². The number of H-pyrrole nitrogens is 1. The average Bonchev–Trinajstić information content (AvgIpc) is 3.13. The molecule has 7 heteroatoms. The molecule has 2 N–H and O–H groups in total. The summed E-state index contributed by atoms with van der Waals surface area (Å²) < 4.78 is 11.1. The monoisotopic (exact) mass is 371 g/mol. The maximum Gasteiger partial charge on any atom is 0.146 e. The van der Waals surface area contributed by atoms with Crippen molar-refractivity contribution in [1.82, 2.24) is 19.9 Å². The SMILES string of the molecule is COc1cccc(OC)c1-c1nc2c([nH]1)-c1ccncc1Nc1ncccc1-2. The zero-order valence-electron chi connectivity index (χ0n) is 15.4. The molecule has 0 spiro atoms.